The van der Waals surface area contributed by atoms with Crippen LogP contribution in [0.25, 0.3) is 0 Å². The number of halogens is 1. The normalized spacial score (nSPS) is 12.1. The molecular weight excluding hydrogens is 313 g/mol. The molecule has 0 aliphatic heterocycles. The van der Waals surface area contributed by atoms with Gasteiger partial charge in [0.05, 0.1) is 18.1 Å². The smallest absolute Gasteiger partial charge is 0.115 e. The largest absolute Gasteiger partial charge is 0.376 e. The second-order valence-corrected chi connectivity index (χ2v) is 4.79. The quantitative estimate of drug-likeness (QED) is 0.881. The maximum Gasteiger partial charge on any atom is 0.115 e. The summed E-state index contributed by atoms with van der Waals surface area (Å²) < 4.78 is 1.25. The zero-order valence-electron chi connectivity index (χ0n) is 8.89. The van der Waals surface area contributed by atoms with Gasteiger partial charge in [0.25, 0.3) is 0 Å². The number of rotatable bonds is 3. The third-order valence-corrected chi connectivity index (χ3v) is 3.03. The van der Waals surface area contributed by atoms with E-state index < -0.39 is 0 Å². The van der Waals surface area contributed by atoms with Crippen molar-refractivity contribution < 1.29 is 0 Å². The summed E-state index contributed by atoms with van der Waals surface area (Å²) in [6.45, 7) is 2.12. The second kappa shape index (κ2) is 5.25. The van der Waals surface area contributed by atoms with E-state index in [9.17, 15) is 0 Å². The van der Waals surface area contributed by atoms with Crippen LogP contribution < -0.4 is 5.32 Å². The van der Waals surface area contributed by atoms with E-state index in [4.69, 9.17) is 0 Å². The summed E-state index contributed by atoms with van der Waals surface area (Å²) in [5.74, 6) is 0. The highest BCUT2D eigenvalue weighted by molar-refractivity contribution is 14.1. The van der Waals surface area contributed by atoms with E-state index in [2.05, 4.69) is 69.1 Å². The van der Waals surface area contributed by atoms with Gasteiger partial charge in [0.2, 0.25) is 0 Å². The van der Waals surface area contributed by atoms with E-state index in [-0.39, 0.29) is 6.04 Å². The minimum Gasteiger partial charge on any atom is -0.376 e. The summed E-state index contributed by atoms with van der Waals surface area (Å²) in [5.41, 5.74) is 2.19. The molecule has 1 heterocycles. The molecule has 0 aliphatic carbocycles. The first-order valence-corrected chi connectivity index (χ1v) is 6.10. The first-order chi connectivity index (χ1) is 7.75. The number of hydrogen-bond donors (Lipinski definition) is 1. The van der Waals surface area contributed by atoms with Gasteiger partial charge in [0, 0.05) is 9.61 Å². The van der Waals surface area contributed by atoms with Crippen molar-refractivity contribution in [1.82, 2.24) is 9.97 Å². The number of hydrogen-bond acceptors (Lipinski definition) is 3. The van der Waals surface area contributed by atoms with Gasteiger partial charge in [0.1, 0.15) is 6.33 Å². The minimum absolute atomic E-state index is 0.253. The van der Waals surface area contributed by atoms with Crippen molar-refractivity contribution in [3.05, 3.63) is 52.1 Å². The molecule has 82 valence electrons. The summed E-state index contributed by atoms with van der Waals surface area (Å²) in [4.78, 5) is 7.94. The molecule has 0 fully saturated rings. The molecule has 1 aromatic heterocycles. The monoisotopic (exact) mass is 325 g/mol. The van der Waals surface area contributed by atoms with Crippen LogP contribution in [-0.2, 0) is 0 Å². The molecule has 2 rings (SSSR count). The lowest BCUT2D eigenvalue weighted by Crippen LogP contribution is -2.06. The van der Waals surface area contributed by atoms with Crippen molar-refractivity contribution in [2.45, 2.75) is 13.0 Å². The molecule has 4 heteroatoms. The highest BCUT2D eigenvalue weighted by Crippen LogP contribution is 2.18. The van der Waals surface area contributed by atoms with Crippen LogP contribution in [0.2, 0.25) is 0 Å². The van der Waals surface area contributed by atoms with E-state index in [1.54, 1.807) is 12.4 Å². The van der Waals surface area contributed by atoms with Crippen molar-refractivity contribution in [2.75, 3.05) is 5.32 Å². The fourth-order valence-electron chi connectivity index (χ4n) is 1.46. The van der Waals surface area contributed by atoms with Gasteiger partial charge in [-0.2, -0.15) is 0 Å². The Morgan fingerprint density at radius 1 is 1.12 bits per heavy atom. The Morgan fingerprint density at radius 2 is 1.75 bits per heavy atom. The zero-order valence-corrected chi connectivity index (χ0v) is 11.0. The number of benzene rings is 1. The lowest BCUT2D eigenvalue weighted by Gasteiger charge is -2.14. The van der Waals surface area contributed by atoms with E-state index in [1.807, 2.05) is 0 Å². The summed E-state index contributed by atoms with van der Waals surface area (Å²) in [5, 5.41) is 3.35. The van der Waals surface area contributed by atoms with Crippen LogP contribution in [0.4, 0.5) is 5.69 Å². The van der Waals surface area contributed by atoms with Crippen LogP contribution in [0, 0.1) is 3.57 Å². The van der Waals surface area contributed by atoms with Crippen LogP contribution in [0.15, 0.2) is 43.0 Å². The highest BCUT2D eigenvalue weighted by Gasteiger charge is 2.04. The third kappa shape index (κ3) is 2.91. The number of nitrogens with zero attached hydrogens (tertiary/aromatic N) is 2. The molecule has 0 aliphatic rings. The standard InChI is InChI=1S/C12H12IN3/c1-9(10-2-4-11(13)5-3-10)16-12-6-14-8-15-7-12/h2-9,16H,1H3. The molecule has 0 bridgehead atoms. The first kappa shape index (κ1) is 11.3. The Labute approximate surface area is 108 Å². The first-order valence-electron chi connectivity index (χ1n) is 5.03. The predicted octanol–water partition coefficient (Wildman–Crippen LogP) is 3.25. The molecule has 0 spiro atoms. The lowest BCUT2D eigenvalue weighted by molar-refractivity contribution is 0.879. The Kier molecular flexibility index (Phi) is 3.71. The Balaban J connectivity index is 2.09. The van der Waals surface area contributed by atoms with Crippen molar-refractivity contribution in [2.24, 2.45) is 0 Å². The van der Waals surface area contributed by atoms with Crippen LogP contribution in [0.5, 0.6) is 0 Å². The number of anilines is 1. The Morgan fingerprint density at radius 3 is 2.38 bits per heavy atom. The highest BCUT2D eigenvalue weighted by atomic mass is 127. The fourth-order valence-corrected chi connectivity index (χ4v) is 1.82. The minimum atomic E-state index is 0.253. The second-order valence-electron chi connectivity index (χ2n) is 3.54. The maximum absolute atomic E-state index is 3.97. The van der Waals surface area contributed by atoms with Crippen LogP contribution >= 0.6 is 22.6 Å². The number of aromatic nitrogens is 2. The molecule has 16 heavy (non-hydrogen) atoms. The van der Waals surface area contributed by atoms with Gasteiger partial charge in [-0.3, -0.25) is 0 Å². The van der Waals surface area contributed by atoms with E-state index >= 15 is 0 Å². The Bertz CT molecular complexity index is 442. The van der Waals surface area contributed by atoms with E-state index in [0.717, 1.165) is 5.69 Å². The molecule has 0 saturated heterocycles. The summed E-state index contributed by atoms with van der Waals surface area (Å²) in [7, 11) is 0. The lowest BCUT2D eigenvalue weighted by atomic mass is 10.1. The molecule has 0 amide bonds. The van der Waals surface area contributed by atoms with Crippen LogP contribution in [0.3, 0.4) is 0 Å². The molecule has 3 nitrogen and oxygen atoms in total. The fraction of sp³-hybridized carbons (Fsp3) is 0.167. The molecule has 0 radical (unpaired) electrons. The predicted molar refractivity (Wildman–Crippen MR) is 73.2 cm³/mol. The van der Waals surface area contributed by atoms with Gasteiger partial charge in [-0.25, -0.2) is 9.97 Å². The molecule has 1 unspecified atom stereocenters. The van der Waals surface area contributed by atoms with Gasteiger partial charge in [-0.15, -0.1) is 0 Å². The van der Waals surface area contributed by atoms with Gasteiger partial charge in [0.15, 0.2) is 0 Å². The average molecular weight is 325 g/mol. The zero-order chi connectivity index (χ0) is 11.4. The van der Waals surface area contributed by atoms with Gasteiger partial charge >= 0.3 is 0 Å². The van der Waals surface area contributed by atoms with Gasteiger partial charge in [-0.05, 0) is 47.2 Å². The number of nitrogens with one attached hydrogen (secondary N) is 1. The molecule has 1 aromatic carbocycles. The van der Waals surface area contributed by atoms with Crippen LogP contribution in [-0.4, -0.2) is 9.97 Å². The summed E-state index contributed by atoms with van der Waals surface area (Å²) in [6.07, 6.45) is 5.08. The molecule has 0 saturated carbocycles. The van der Waals surface area contributed by atoms with E-state index in [1.165, 1.54) is 15.5 Å². The molecule has 2 aromatic rings. The maximum atomic E-state index is 3.97. The SMILES string of the molecule is CC(Nc1cncnc1)c1ccc(I)cc1. The van der Waals surface area contributed by atoms with Crippen molar-refractivity contribution in [3.63, 3.8) is 0 Å². The van der Waals surface area contributed by atoms with Crippen molar-refractivity contribution >= 4 is 28.3 Å². The molecular formula is C12H12IN3. The summed E-state index contributed by atoms with van der Waals surface area (Å²) >= 11 is 2.30. The van der Waals surface area contributed by atoms with Crippen molar-refractivity contribution in [1.29, 1.82) is 0 Å². The van der Waals surface area contributed by atoms with Gasteiger partial charge in [-0.1, -0.05) is 12.1 Å². The van der Waals surface area contributed by atoms with Crippen LogP contribution in [0.1, 0.15) is 18.5 Å². The summed E-state index contributed by atoms with van der Waals surface area (Å²) in [6, 6.07) is 8.72. The Hall–Kier alpha value is -1.17. The third-order valence-electron chi connectivity index (χ3n) is 2.31. The molecule has 1 N–H and O–H groups in total. The average Bonchev–Trinajstić information content (AvgIpc) is 2.31. The molecule has 1 atom stereocenters. The van der Waals surface area contributed by atoms with Gasteiger partial charge < -0.3 is 5.32 Å². The topological polar surface area (TPSA) is 37.8 Å². The van der Waals surface area contributed by atoms with Crippen molar-refractivity contribution in [3.8, 4) is 0 Å². The van der Waals surface area contributed by atoms with E-state index in [0.29, 0.717) is 0 Å².